The van der Waals surface area contributed by atoms with Gasteiger partial charge in [0.15, 0.2) is 0 Å². The van der Waals surface area contributed by atoms with Crippen LogP contribution >= 0.6 is 0 Å². The smallest absolute Gasteiger partial charge is 0.348 e. The van der Waals surface area contributed by atoms with E-state index in [0.717, 1.165) is 5.56 Å². The number of nitrogens with zero attached hydrogens (tertiary/aromatic N) is 4. The molecule has 12 nitrogen and oxygen atoms in total. The lowest BCUT2D eigenvalue weighted by molar-refractivity contribution is -0.0264. The van der Waals surface area contributed by atoms with Crippen LogP contribution in [0.5, 0.6) is 0 Å². The van der Waals surface area contributed by atoms with Crippen molar-refractivity contribution >= 4 is 5.71 Å². The zero-order valence-corrected chi connectivity index (χ0v) is 21.5. The molecule has 0 radical (unpaired) electrons. The average molecular weight is 541 g/mol. The molecule has 0 spiro atoms. The third-order valence-corrected chi connectivity index (χ3v) is 7.77. The summed E-state index contributed by atoms with van der Waals surface area (Å²) in [4.78, 5) is 32.7. The minimum absolute atomic E-state index is 0.0358. The topological polar surface area (TPSA) is 146 Å². The van der Waals surface area contributed by atoms with Crippen LogP contribution in [-0.2, 0) is 27.5 Å². The lowest BCUT2D eigenvalue weighted by atomic mass is 9.78. The van der Waals surface area contributed by atoms with Crippen LogP contribution in [-0.4, -0.2) is 67.5 Å². The van der Waals surface area contributed by atoms with E-state index >= 15 is 0 Å². The first-order chi connectivity index (χ1) is 19.0. The van der Waals surface area contributed by atoms with Gasteiger partial charge in [-0.15, -0.1) is 0 Å². The number of hydrogen-bond donors (Lipinski definition) is 2. The van der Waals surface area contributed by atoms with Crippen molar-refractivity contribution in [3.05, 3.63) is 81.0 Å². The molecule has 1 aromatic carbocycles. The van der Waals surface area contributed by atoms with Gasteiger partial charge in [0.1, 0.15) is 43.4 Å². The Hall–Kier alpha value is -3.45. The Kier molecular flexibility index (Phi) is 7.02. The number of furan rings is 1. The maximum Gasteiger partial charge on any atom is 0.348 e. The van der Waals surface area contributed by atoms with Crippen molar-refractivity contribution < 1.29 is 28.9 Å². The summed E-state index contributed by atoms with van der Waals surface area (Å²) in [5.74, 6) is 0.293. The maximum absolute atomic E-state index is 13.8. The molecule has 1 saturated heterocycles. The predicted octanol–water partition coefficient (Wildman–Crippen LogP) is 1.06. The van der Waals surface area contributed by atoms with Crippen molar-refractivity contribution in [3.63, 3.8) is 0 Å². The van der Waals surface area contributed by atoms with E-state index < -0.39 is 47.9 Å². The predicted molar refractivity (Wildman–Crippen MR) is 137 cm³/mol. The number of rotatable bonds is 10. The molecule has 0 unspecified atom stereocenters. The second kappa shape index (κ2) is 10.6. The Balaban J connectivity index is 1.21. The summed E-state index contributed by atoms with van der Waals surface area (Å²) >= 11 is 0. The Morgan fingerprint density at radius 3 is 2.69 bits per heavy atom. The van der Waals surface area contributed by atoms with E-state index in [2.05, 4.69) is 5.16 Å². The van der Waals surface area contributed by atoms with E-state index in [-0.39, 0.29) is 25.7 Å². The number of ether oxygens (including phenoxy) is 2. The van der Waals surface area contributed by atoms with E-state index in [1.807, 2.05) is 37.3 Å². The fourth-order valence-electron chi connectivity index (χ4n) is 5.90. The number of aliphatic hydroxyl groups is 2. The molecule has 2 fully saturated rings. The number of epoxide rings is 1. The number of hydrogen-bond acceptors (Lipinski definition) is 9. The molecule has 208 valence electrons. The molecule has 0 bridgehead atoms. The molecule has 0 amide bonds. The van der Waals surface area contributed by atoms with Crippen LogP contribution in [0.15, 0.2) is 67.9 Å². The number of aromatic nitrogens is 3. The number of oxime groups is 1. The Labute approximate surface area is 223 Å². The van der Waals surface area contributed by atoms with E-state index in [1.165, 1.54) is 13.9 Å². The van der Waals surface area contributed by atoms with E-state index in [1.54, 1.807) is 18.4 Å². The van der Waals surface area contributed by atoms with Gasteiger partial charge in [-0.1, -0.05) is 42.4 Å². The molecular weight excluding hydrogens is 508 g/mol. The molecule has 3 aliphatic rings. The van der Waals surface area contributed by atoms with Crippen molar-refractivity contribution in [2.75, 3.05) is 13.2 Å². The molecule has 2 aliphatic heterocycles. The van der Waals surface area contributed by atoms with Gasteiger partial charge < -0.3 is 28.9 Å². The summed E-state index contributed by atoms with van der Waals surface area (Å²) < 4.78 is 20.5. The number of aliphatic hydroxyl groups excluding tert-OH is 2. The molecule has 39 heavy (non-hydrogen) atoms. The first-order valence-electron chi connectivity index (χ1n) is 13.3. The van der Waals surface area contributed by atoms with E-state index in [4.69, 9.17) is 18.7 Å². The third kappa shape index (κ3) is 4.67. The second-order valence-electron chi connectivity index (χ2n) is 10.2. The third-order valence-electron chi connectivity index (χ3n) is 7.77. The van der Waals surface area contributed by atoms with Crippen molar-refractivity contribution in [3.8, 4) is 0 Å². The fourth-order valence-corrected chi connectivity index (χ4v) is 5.90. The molecule has 12 heteroatoms. The van der Waals surface area contributed by atoms with Crippen LogP contribution in [0.25, 0.3) is 0 Å². The zero-order valence-electron chi connectivity index (χ0n) is 21.5. The van der Waals surface area contributed by atoms with Crippen LogP contribution in [0.3, 0.4) is 0 Å². The number of fused-ring (bicyclic) bond motifs is 4. The highest BCUT2D eigenvalue weighted by Crippen LogP contribution is 2.46. The number of benzene rings is 1. The van der Waals surface area contributed by atoms with Crippen molar-refractivity contribution in [2.24, 2.45) is 11.1 Å². The van der Waals surface area contributed by atoms with Gasteiger partial charge in [0.25, 0.3) is 0 Å². The monoisotopic (exact) mass is 540 g/mol. The largest absolute Gasteiger partial charge is 0.467 e. The maximum atomic E-state index is 13.8. The van der Waals surface area contributed by atoms with Crippen LogP contribution in [0.1, 0.15) is 43.2 Å². The molecule has 2 aromatic heterocycles. The SMILES string of the molecule is CC[C@@H](c1ccccc1)n1c(=O)n2n(c1=O)[C@H]1[C@H](O)[C@@H]3O[C@@H]3C(=NOC[C@@H](O)COCc3ccco3)[C@H]1CC2. The lowest BCUT2D eigenvalue weighted by Crippen LogP contribution is -2.53. The fraction of sp³-hybridized carbons (Fsp3) is 0.519. The summed E-state index contributed by atoms with van der Waals surface area (Å²) in [6.45, 7) is 2.39. The Bertz CT molecular complexity index is 1430. The average Bonchev–Trinajstić information content (AvgIpc) is 3.51. The summed E-state index contributed by atoms with van der Waals surface area (Å²) in [7, 11) is 0. The second-order valence-corrected chi connectivity index (χ2v) is 10.2. The van der Waals surface area contributed by atoms with Crippen molar-refractivity contribution in [1.82, 2.24) is 13.9 Å². The molecule has 3 aromatic rings. The molecule has 2 N–H and O–H groups in total. The zero-order chi connectivity index (χ0) is 27.1. The van der Waals surface area contributed by atoms with Gasteiger partial charge in [-0.2, -0.15) is 0 Å². The van der Waals surface area contributed by atoms with Gasteiger partial charge in [0, 0.05) is 12.5 Å². The lowest BCUT2D eigenvalue weighted by Gasteiger charge is -2.38. The molecule has 4 heterocycles. The summed E-state index contributed by atoms with van der Waals surface area (Å²) in [6.07, 6.45) is -0.258. The van der Waals surface area contributed by atoms with Gasteiger partial charge >= 0.3 is 11.4 Å². The minimum Gasteiger partial charge on any atom is -0.467 e. The molecule has 6 rings (SSSR count). The molecule has 7 atom stereocenters. The van der Waals surface area contributed by atoms with Gasteiger partial charge in [-0.05, 0) is 30.5 Å². The summed E-state index contributed by atoms with van der Waals surface area (Å²) in [5.41, 5.74) is 0.587. The summed E-state index contributed by atoms with van der Waals surface area (Å²) in [5, 5.41) is 25.6. The highest BCUT2D eigenvalue weighted by atomic mass is 16.6. The van der Waals surface area contributed by atoms with Gasteiger partial charge in [-0.3, -0.25) is 0 Å². The van der Waals surface area contributed by atoms with Gasteiger partial charge in [0.05, 0.1) is 30.7 Å². The normalized spacial score (nSPS) is 27.9. The molecule has 1 saturated carbocycles. The van der Waals surface area contributed by atoms with E-state index in [0.29, 0.717) is 30.9 Å². The van der Waals surface area contributed by atoms with Gasteiger partial charge in [-0.25, -0.2) is 23.5 Å². The standard InChI is InChI=1S/C27H32N4O8/c1-2-20(16-7-4-3-5-8-16)30-26(34)29-11-10-19-21(24-25(39-24)23(33)22(19)31(29)27(30)35)28-38-14-17(32)13-36-15-18-9-6-12-37-18/h3-9,12,17,19-20,22-25,32-33H,2,10-11,13-15H2,1H3/t17-,19+,20-,22+,23-,24+,25-/m0/s1. The summed E-state index contributed by atoms with van der Waals surface area (Å²) in [6, 6.07) is 11.9. The Morgan fingerprint density at radius 1 is 1.13 bits per heavy atom. The first kappa shape index (κ1) is 25.8. The molecular formula is C27H32N4O8. The minimum atomic E-state index is -0.976. The van der Waals surface area contributed by atoms with Crippen LogP contribution in [0.4, 0.5) is 0 Å². The van der Waals surface area contributed by atoms with Crippen molar-refractivity contribution in [1.29, 1.82) is 0 Å². The highest BCUT2D eigenvalue weighted by Gasteiger charge is 2.61. The quantitative estimate of drug-likeness (QED) is 0.287. The van der Waals surface area contributed by atoms with Crippen LogP contribution < -0.4 is 11.4 Å². The molecule has 1 aliphatic carbocycles. The first-order valence-corrected chi connectivity index (χ1v) is 13.3. The van der Waals surface area contributed by atoms with Crippen LogP contribution in [0.2, 0.25) is 0 Å². The highest BCUT2D eigenvalue weighted by molar-refractivity contribution is 5.94. The van der Waals surface area contributed by atoms with Crippen LogP contribution in [0, 0.1) is 5.92 Å². The van der Waals surface area contributed by atoms with E-state index in [9.17, 15) is 19.8 Å². The van der Waals surface area contributed by atoms with Crippen molar-refractivity contribution in [2.45, 2.75) is 69.4 Å². The van der Waals surface area contributed by atoms with Gasteiger partial charge in [0.2, 0.25) is 0 Å². The Morgan fingerprint density at radius 2 is 1.95 bits per heavy atom.